The summed E-state index contributed by atoms with van der Waals surface area (Å²) in [6, 6.07) is 5.87. The molecule has 2 rings (SSSR count). The molecular formula is C16H20ClFO. The molecule has 1 saturated carbocycles. The largest absolute Gasteiger partial charge is 0.298 e. The normalized spacial score (nSPS) is 18.2. The minimum atomic E-state index is -0.635. The molecule has 104 valence electrons. The summed E-state index contributed by atoms with van der Waals surface area (Å²) in [5.74, 6) is 0.441. The average Bonchev–Trinajstić information content (AvgIpc) is 2.46. The summed E-state index contributed by atoms with van der Waals surface area (Å²) < 4.78 is 12.8. The van der Waals surface area contributed by atoms with E-state index in [1.807, 2.05) is 0 Å². The summed E-state index contributed by atoms with van der Waals surface area (Å²) in [5, 5.41) is -0.635. The number of alkyl halides is 1. The number of hydrogen-bond donors (Lipinski definition) is 0. The highest BCUT2D eigenvalue weighted by Crippen LogP contribution is 2.30. The Morgan fingerprint density at radius 2 is 1.84 bits per heavy atom. The number of rotatable bonds is 5. The summed E-state index contributed by atoms with van der Waals surface area (Å²) in [5.41, 5.74) is 0.691. The number of ketones is 1. The summed E-state index contributed by atoms with van der Waals surface area (Å²) >= 11 is 6.15. The lowest BCUT2D eigenvalue weighted by molar-refractivity contribution is -0.119. The molecule has 0 saturated heterocycles. The molecule has 0 aromatic heterocycles. The molecule has 1 atom stereocenters. The van der Waals surface area contributed by atoms with Crippen LogP contribution in [-0.2, 0) is 4.79 Å². The average molecular weight is 283 g/mol. The maximum Gasteiger partial charge on any atom is 0.155 e. The summed E-state index contributed by atoms with van der Waals surface area (Å²) in [6.45, 7) is 0. The summed E-state index contributed by atoms with van der Waals surface area (Å²) in [7, 11) is 0. The van der Waals surface area contributed by atoms with Crippen LogP contribution in [0.15, 0.2) is 24.3 Å². The zero-order chi connectivity index (χ0) is 13.7. The smallest absolute Gasteiger partial charge is 0.155 e. The van der Waals surface area contributed by atoms with Crippen molar-refractivity contribution in [1.82, 2.24) is 0 Å². The molecule has 0 bridgehead atoms. The fourth-order valence-corrected chi connectivity index (χ4v) is 3.02. The highest BCUT2D eigenvalue weighted by atomic mass is 35.5. The van der Waals surface area contributed by atoms with E-state index in [0.29, 0.717) is 17.9 Å². The molecule has 0 heterocycles. The molecule has 3 heteroatoms. The van der Waals surface area contributed by atoms with Crippen molar-refractivity contribution in [3.63, 3.8) is 0 Å². The molecule has 1 fully saturated rings. The minimum absolute atomic E-state index is 0.0545. The van der Waals surface area contributed by atoms with Crippen LogP contribution in [0.25, 0.3) is 0 Å². The van der Waals surface area contributed by atoms with Crippen LogP contribution < -0.4 is 0 Å². The first kappa shape index (κ1) is 14.5. The second-order valence-corrected chi connectivity index (χ2v) is 5.86. The van der Waals surface area contributed by atoms with Crippen LogP contribution in [0.1, 0.15) is 55.9 Å². The topological polar surface area (TPSA) is 17.1 Å². The molecular weight excluding hydrogens is 263 g/mol. The lowest BCUT2D eigenvalue weighted by atomic mass is 9.85. The van der Waals surface area contributed by atoms with Crippen molar-refractivity contribution in [2.24, 2.45) is 5.92 Å². The molecule has 0 aliphatic heterocycles. The lowest BCUT2D eigenvalue weighted by Crippen LogP contribution is -2.12. The molecule has 1 unspecified atom stereocenters. The first-order chi connectivity index (χ1) is 9.16. The van der Waals surface area contributed by atoms with Crippen LogP contribution in [0.2, 0.25) is 0 Å². The SMILES string of the molecule is O=C(CCC1CCCCC1)C(Cl)c1ccc(F)cc1. The van der Waals surface area contributed by atoms with E-state index < -0.39 is 5.38 Å². The van der Waals surface area contributed by atoms with E-state index >= 15 is 0 Å². The Kier molecular flexibility index (Phi) is 5.38. The molecule has 1 aromatic carbocycles. The first-order valence-electron chi connectivity index (χ1n) is 7.09. The summed E-state index contributed by atoms with van der Waals surface area (Å²) in [6.07, 6.45) is 7.90. The van der Waals surface area contributed by atoms with Crippen molar-refractivity contribution in [2.45, 2.75) is 50.3 Å². The van der Waals surface area contributed by atoms with Crippen molar-refractivity contribution in [1.29, 1.82) is 0 Å². The van der Waals surface area contributed by atoms with Gasteiger partial charge in [-0.15, -0.1) is 11.6 Å². The van der Waals surface area contributed by atoms with Gasteiger partial charge in [0.1, 0.15) is 11.2 Å². The molecule has 1 aromatic rings. The van der Waals surface area contributed by atoms with Gasteiger partial charge in [-0.05, 0) is 30.0 Å². The van der Waals surface area contributed by atoms with Gasteiger partial charge in [-0.25, -0.2) is 4.39 Å². The maximum absolute atomic E-state index is 12.8. The van der Waals surface area contributed by atoms with Gasteiger partial charge in [-0.3, -0.25) is 4.79 Å². The van der Waals surface area contributed by atoms with Crippen molar-refractivity contribution in [3.05, 3.63) is 35.6 Å². The van der Waals surface area contributed by atoms with Gasteiger partial charge in [-0.1, -0.05) is 44.2 Å². The highest BCUT2D eigenvalue weighted by Gasteiger charge is 2.20. The molecule has 1 aliphatic rings. The van der Waals surface area contributed by atoms with E-state index in [-0.39, 0.29) is 11.6 Å². The molecule has 0 spiro atoms. The van der Waals surface area contributed by atoms with Crippen LogP contribution in [0, 0.1) is 11.7 Å². The number of benzene rings is 1. The molecule has 1 nitrogen and oxygen atoms in total. The van der Waals surface area contributed by atoms with Gasteiger partial charge in [-0.2, -0.15) is 0 Å². The van der Waals surface area contributed by atoms with Gasteiger partial charge in [0, 0.05) is 6.42 Å². The van der Waals surface area contributed by atoms with Crippen LogP contribution >= 0.6 is 11.6 Å². The zero-order valence-electron chi connectivity index (χ0n) is 11.1. The van der Waals surface area contributed by atoms with Gasteiger partial charge < -0.3 is 0 Å². The van der Waals surface area contributed by atoms with Gasteiger partial charge in [0.25, 0.3) is 0 Å². The van der Waals surface area contributed by atoms with Crippen molar-refractivity contribution < 1.29 is 9.18 Å². The van der Waals surface area contributed by atoms with E-state index in [1.54, 1.807) is 12.1 Å². The maximum atomic E-state index is 12.8. The van der Waals surface area contributed by atoms with E-state index in [4.69, 9.17) is 11.6 Å². The Balaban J connectivity index is 1.83. The van der Waals surface area contributed by atoms with Gasteiger partial charge >= 0.3 is 0 Å². The van der Waals surface area contributed by atoms with Gasteiger partial charge in [0.05, 0.1) is 0 Å². The van der Waals surface area contributed by atoms with E-state index in [0.717, 1.165) is 6.42 Å². The van der Waals surface area contributed by atoms with Crippen molar-refractivity contribution in [3.8, 4) is 0 Å². The summed E-state index contributed by atoms with van der Waals surface area (Å²) in [4.78, 5) is 12.0. The Morgan fingerprint density at radius 3 is 2.47 bits per heavy atom. The number of hydrogen-bond acceptors (Lipinski definition) is 1. The molecule has 0 N–H and O–H groups in total. The number of carbonyl (C=O) groups excluding carboxylic acids is 1. The first-order valence-corrected chi connectivity index (χ1v) is 7.52. The van der Waals surface area contributed by atoms with E-state index in [9.17, 15) is 9.18 Å². The predicted molar refractivity (Wildman–Crippen MR) is 75.8 cm³/mol. The van der Waals surface area contributed by atoms with Crippen molar-refractivity contribution >= 4 is 17.4 Å². The third-order valence-electron chi connectivity index (χ3n) is 3.97. The Hall–Kier alpha value is -0.890. The Morgan fingerprint density at radius 1 is 1.21 bits per heavy atom. The third kappa shape index (κ3) is 4.31. The quantitative estimate of drug-likeness (QED) is 0.692. The van der Waals surface area contributed by atoms with E-state index in [2.05, 4.69) is 0 Å². The highest BCUT2D eigenvalue weighted by molar-refractivity contribution is 6.31. The van der Waals surface area contributed by atoms with Crippen LogP contribution in [-0.4, -0.2) is 5.78 Å². The standard InChI is InChI=1S/C16H20ClFO/c17-16(13-7-9-14(18)10-8-13)15(19)11-6-12-4-2-1-3-5-12/h7-10,12,16H,1-6,11H2. The second-order valence-electron chi connectivity index (χ2n) is 5.42. The molecule has 19 heavy (non-hydrogen) atoms. The predicted octanol–water partition coefficient (Wildman–Crippen LogP) is 5.04. The van der Waals surface area contributed by atoms with Crippen LogP contribution in [0.4, 0.5) is 4.39 Å². The Bertz CT molecular complexity index is 409. The monoisotopic (exact) mass is 282 g/mol. The van der Waals surface area contributed by atoms with Crippen LogP contribution in [0.3, 0.4) is 0 Å². The van der Waals surface area contributed by atoms with Crippen LogP contribution in [0.5, 0.6) is 0 Å². The van der Waals surface area contributed by atoms with Crippen molar-refractivity contribution in [2.75, 3.05) is 0 Å². The minimum Gasteiger partial charge on any atom is -0.298 e. The molecule has 0 radical (unpaired) electrons. The third-order valence-corrected chi connectivity index (χ3v) is 4.46. The fourth-order valence-electron chi connectivity index (χ4n) is 2.77. The fraction of sp³-hybridized carbons (Fsp3) is 0.562. The Labute approximate surface area is 119 Å². The number of Topliss-reactive ketones (excluding diaryl/α,β-unsaturated/α-hetero) is 1. The number of halogens is 2. The zero-order valence-corrected chi connectivity index (χ0v) is 11.8. The number of carbonyl (C=O) groups is 1. The second kappa shape index (κ2) is 7.04. The van der Waals surface area contributed by atoms with Gasteiger partial charge in [0.2, 0.25) is 0 Å². The lowest BCUT2D eigenvalue weighted by Gasteiger charge is -2.21. The van der Waals surface area contributed by atoms with E-state index in [1.165, 1.54) is 44.2 Å². The molecule has 0 amide bonds. The molecule has 1 aliphatic carbocycles. The van der Waals surface area contributed by atoms with Gasteiger partial charge in [0.15, 0.2) is 5.78 Å².